The Kier molecular flexibility index (Phi) is 5.16. The van der Waals surface area contributed by atoms with Crippen LogP contribution in [0.25, 0.3) is 6.08 Å². The lowest BCUT2D eigenvalue weighted by atomic mass is 10.1. The second kappa shape index (κ2) is 6.57. The molecule has 1 aliphatic heterocycles. The molecule has 0 unspecified atom stereocenters. The van der Waals surface area contributed by atoms with Gasteiger partial charge in [-0.1, -0.05) is 15.9 Å². The van der Waals surface area contributed by atoms with Gasteiger partial charge < -0.3 is 14.2 Å². The maximum Gasteiger partial charge on any atom is 0.348 e. The Morgan fingerprint density at radius 3 is 2.41 bits per heavy atom. The molecular weight excluding hydrogens is 467 g/mol. The molecule has 0 radical (unpaired) electrons. The molecule has 5 nitrogen and oxygen atoms in total. The molecule has 0 spiro atoms. The summed E-state index contributed by atoms with van der Waals surface area (Å²) >= 11 is 5.52. The summed E-state index contributed by atoms with van der Waals surface area (Å²) in [4.78, 5) is 24.0. The molecule has 1 aromatic rings. The fraction of sp³-hybridized carbons (Fsp3) is 0.333. The van der Waals surface area contributed by atoms with Gasteiger partial charge in [0, 0.05) is 23.9 Å². The zero-order valence-corrected chi connectivity index (χ0v) is 16.0. The van der Waals surface area contributed by atoms with Gasteiger partial charge in [-0.3, -0.25) is 0 Å². The van der Waals surface area contributed by atoms with Crippen LogP contribution < -0.4 is 4.74 Å². The second-order valence-corrected chi connectivity index (χ2v) is 7.05. The van der Waals surface area contributed by atoms with Crippen LogP contribution in [0.15, 0.2) is 22.2 Å². The van der Waals surface area contributed by atoms with Crippen molar-refractivity contribution in [1.29, 1.82) is 0 Å². The molecule has 1 aromatic carbocycles. The highest BCUT2D eigenvalue weighted by Crippen LogP contribution is 2.33. The van der Waals surface area contributed by atoms with Crippen molar-refractivity contribution in [2.75, 3.05) is 6.61 Å². The van der Waals surface area contributed by atoms with E-state index in [2.05, 4.69) is 38.5 Å². The number of esters is 2. The molecule has 0 amide bonds. The minimum atomic E-state index is -1.25. The van der Waals surface area contributed by atoms with Gasteiger partial charge in [0.2, 0.25) is 0 Å². The summed E-state index contributed by atoms with van der Waals surface area (Å²) in [6.45, 7) is 5.34. The van der Waals surface area contributed by atoms with Crippen LogP contribution in [-0.4, -0.2) is 24.3 Å². The van der Waals surface area contributed by atoms with Crippen molar-refractivity contribution in [3.63, 3.8) is 0 Å². The van der Waals surface area contributed by atoms with E-state index in [1.165, 1.54) is 19.9 Å². The van der Waals surface area contributed by atoms with Crippen molar-refractivity contribution < 1.29 is 23.8 Å². The molecule has 22 heavy (non-hydrogen) atoms. The first-order chi connectivity index (χ1) is 10.2. The lowest BCUT2D eigenvalue weighted by Crippen LogP contribution is -2.41. The van der Waals surface area contributed by atoms with Gasteiger partial charge in [-0.05, 0) is 47.7 Å². The fourth-order valence-electron chi connectivity index (χ4n) is 1.92. The van der Waals surface area contributed by atoms with Crippen molar-refractivity contribution in [1.82, 2.24) is 0 Å². The van der Waals surface area contributed by atoms with Crippen molar-refractivity contribution >= 4 is 56.5 Å². The van der Waals surface area contributed by atoms with Crippen molar-refractivity contribution in [3.05, 3.63) is 31.3 Å². The highest BCUT2D eigenvalue weighted by Gasteiger charge is 2.39. The molecule has 0 aromatic heterocycles. The molecule has 0 bridgehead atoms. The number of ether oxygens (including phenoxy) is 3. The Bertz CT molecular complexity index is 644. The molecule has 1 saturated heterocycles. The van der Waals surface area contributed by atoms with Gasteiger partial charge in [-0.25, -0.2) is 9.59 Å². The third-order valence-corrected chi connectivity index (χ3v) is 4.00. The molecular formula is C15H14BrIO5. The van der Waals surface area contributed by atoms with E-state index in [0.29, 0.717) is 17.9 Å². The normalized spacial score (nSPS) is 16.9. The minimum Gasteiger partial charge on any atom is -0.492 e. The SMILES string of the molecule is CCOc1c(I)cc(Br)cc1C=C1C(=O)OC(C)(C)OC1=O. The molecule has 0 aliphatic carbocycles. The van der Waals surface area contributed by atoms with Crippen molar-refractivity contribution in [2.24, 2.45) is 0 Å². The number of halogens is 2. The largest absolute Gasteiger partial charge is 0.492 e. The Morgan fingerprint density at radius 2 is 1.86 bits per heavy atom. The van der Waals surface area contributed by atoms with E-state index in [9.17, 15) is 9.59 Å². The molecule has 1 fully saturated rings. The second-order valence-electron chi connectivity index (χ2n) is 4.98. The predicted octanol–water partition coefficient (Wildman–Crippen LogP) is 3.67. The first-order valence-electron chi connectivity index (χ1n) is 6.53. The van der Waals surface area contributed by atoms with Crippen LogP contribution in [0.3, 0.4) is 0 Å². The van der Waals surface area contributed by atoms with Gasteiger partial charge in [0.05, 0.1) is 10.2 Å². The van der Waals surface area contributed by atoms with Gasteiger partial charge in [0.1, 0.15) is 11.3 Å². The van der Waals surface area contributed by atoms with Gasteiger partial charge >= 0.3 is 11.9 Å². The van der Waals surface area contributed by atoms with E-state index >= 15 is 0 Å². The molecule has 118 valence electrons. The van der Waals surface area contributed by atoms with E-state index in [-0.39, 0.29) is 5.57 Å². The van der Waals surface area contributed by atoms with Crippen LogP contribution in [0.2, 0.25) is 0 Å². The number of hydrogen-bond acceptors (Lipinski definition) is 5. The van der Waals surface area contributed by atoms with Gasteiger partial charge in [0.25, 0.3) is 5.79 Å². The number of carbonyl (C=O) groups excluding carboxylic acids is 2. The van der Waals surface area contributed by atoms with E-state index in [1.807, 2.05) is 13.0 Å². The molecule has 0 N–H and O–H groups in total. The number of benzene rings is 1. The van der Waals surface area contributed by atoms with Gasteiger partial charge in [-0.15, -0.1) is 0 Å². The Morgan fingerprint density at radius 1 is 1.27 bits per heavy atom. The Labute approximate surface area is 150 Å². The van der Waals surface area contributed by atoms with Crippen LogP contribution in [0, 0.1) is 3.57 Å². The summed E-state index contributed by atoms with van der Waals surface area (Å²) in [5.74, 6) is -2.07. The first-order valence-corrected chi connectivity index (χ1v) is 8.41. The van der Waals surface area contributed by atoms with Crippen LogP contribution in [0.4, 0.5) is 0 Å². The Hall–Kier alpha value is -1.09. The monoisotopic (exact) mass is 480 g/mol. The zero-order chi connectivity index (χ0) is 16.5. The van der Waals surface area contributed by atoms with E-state index in [0.717, 1.165) is 8.04 Å². The van der Waals surface area contributed by atoms with Crippen molar-refractivity contribution in [2.45, 2.75) is 26.6 Å². The number of hydrogen-bond donors (Lipinski definition) is 0. The zero-order valence-electron chi connectivity index (χ0n) is 12.2. The summed E-state index contributed by atoms with van der Waals surface area (Å²) in [6, 6.07) is 3.65. The average molecular weight is 481 g/mol. The third-order valence-electron chi connectivity index (χ3n) is 2.74. The van der Waals surface area contributed by atoms with Crippen molar-refractivity contribution in [3.8, 4) is 5.75 Å². The average Bonchev–Trinajstić information content (AvgIpc) is 2.36. The molecule has 0 atom stereocenters. The highest BCUT2D eigenvalue weighted by molar-refractivity contribution is 14.1. The van der Waals surface area contributed by atoms with Crippen LogP contribution in [0.5, 0.6) is 5.75 Å². The number of rotatable bonds is 3. The van der Waals surface area contributed by atoms with E-state index in [4.69, 9.17) is 14.2 Å². The topological polar surface area (TPSA) is 61.8 Å². The van der Waals surface area contributed by atoms with Crippen LogP contribution in [-0.2, 0) is 19.1 Å². The third kappa shape index (κ3) is 3.81. The smallest absolute Gasteiger partial charge is 0.348 e. The minimum absolute atomic E-state index is 0.158. The summed E-state index contributed by atoms with van der Waals surface area (Å²) in [5.41, 5.74) is 0.443. The van der Waals surface area contributed by atoms with Crippen LogP contribution >= 0.6 is 38.5 Å². The van der Waals surface area contributed by atoms with E-state index in [1.54, 1.807) is 6.07 Å². The summed E-state index contributed by atoms with van der Waals surface area (Å²) in [6.07, 6.45) is 1.43. The Balaban J connectivity index is 2.49. The lowest BCUT2D eigenvalue weighted by Gasteiger charge is -2.29. The maximum absolute atomic E-state index is 12.0. The number of carbonyl (C=O) groups is 2. The lowest BCUT2D eigenvalue weighted by molar-refractivity contribution is -0.222. The fourth-order valence-corrected chi connectivity index (χ4v) is 3.62. The summed E-state index contributed by atoms with van der Waals surface area (Å²) < 4.78 is 17.4. The molecule has 1 aliphatic rings. The van der Waals surface area contributed by atoms with Gasteiger partial charge in [0.15, 0.2) is 0 Å². The molecule has 0 saturated carbocycles. The predicted molar refractivity (Wildman–Crippen MR) is 92.3 cm³/mol. The van der Waals surface area contributed by atoms with Gasteiger partial charge in [-0.2, -0.15) is 0 Å². The molecule has 2 rings (SSSR count). The highest BCUT2D eigenvalue weighted by atomic mass is 127. The molecule has 7 heteroatoms. The number of cyclic esters (lactones) is 2. The van der Waals surface area contributed by atoms with E-state index < -0.39 is 17.7 Å². The summed E-state index contributed by atoms with van der Waals surface area (Å²) in [7, 11) is 0. The molecule has 1 heterocycles. The first kappa shape index (κ1) is 17.3. The standard InChI is InChI=1S/C15H14BrIO5/c1-4-20-12-8(5-9(16)7-11(12)17)6-10-13(18)21-15(2,3)22-14(10)19/h5-7H,4H2,1-3H3. The summed E-state index contributed by atoms with van der Waals surface area (Å²) in [5, 5.41) is 0. The maximum atomic E-state index is 12.0. The van der Waals surface area contributed by atoms with Crippen LogP contribution in [0.1, 0.15) is 26.3 Å². The quantitative estimate of drug-likeness (QED) is 0.286.